The third-order valence-electron chi connectivity index (χ3n) is 6.03. The Kier molecular flexibility index (Phi) is 11.0. The van der Waals surface area contributed by atoms with Gasteiger partial charge in [-0.15, -0.1) is 10.2 Å². The molecule has 0 spiro atoms. The highest BCUT2D eigenvalue weighted by atomic mass is 32.1. The molecule has 3 aromatic rings. The summed E-state index contributed by atoms with van der Waals surface area (Å²) in [6.45, 7) is -0.190. The van der Waals surface area contributed by atoms with Crippen molar-refractivity contribution in [3.63, 3.8) is 0 Å². The van der Waals surface area contributed by atoms with Crippen LogP contribution in [0.5, 0.6) is 0 Å². The minimum Gasteiger partial charge on any atom is -0.469 e. The number of amides is 2. The Morgan fingerprint density at radius 2 is 1.88 bits per heavy atom. The zero-order valence-electron chi connectivity index (χ0n) is 21.9. The molecule has 0 fully saturated rings. The van der Waals surface area contributed by atoms with Crippen LogP contribution in [-0.2, 0) is 25.5 Å². The van der Waals surface area contributed by atoms with Crippen molar-refractivity contribution in [3.8, 4) is 16.6 Å². The van der Waals surface area contributed by atoms with Crippen LogP contribution in [0.1, 0.15) is 36.8 Å². The molecule has 2 amide bonds. The van der Waals surface area contributed by atoms with Crippen molar-refractivity contribution >= 4 is 34.4 Å². The van der Waals surface area contributed by atoms with E-state index < -0.39 is 29.7 Å². The molecule has 0 bridgehead atoms. The number of aryl methyl sites for hydroxylation is 1. The quantitative estimate of drug-likeness (QED) is 0.309. The fourth-order valence-corrected chi connectivity index (χ4v) is 4.44. The Balaban J connectivity index is 1.58. The lowest BCUT2D eigenvalue weighted by atomic mass is 10.1. The van der Waals surface area contributed by atoms with Crippen molar-refractivity contribution in [2.45, 2.75) is 38.1 Å². The summed E-state index contributed by atoms with van der Waals surface area (Å²) < 4.78 is 37.5. The van der Waals surface area contributed by atoms with Crippen LogP contribution in [0.4, 0.5) is 18.7 Å². The van der Waals surface area contributed by atoms with Gasteiger partial charge in [0, 0.05) is 25.5 Å². The predicted octanol–water partition coefficient (Wildman–Crippen LogP) is 4.71. The first-order valence-corrected chi connectivity index (χ1v) is 13.1. The molecule has 210 valence electrons. The molecule has 1 heterocycles. The maximum Gasteiger partial charge on any atom is 0.413 e. The summed E-state index contributed by atoms with van der Waals surface area (Å²) in [4.78, 5) is 38.2. The van der Waals surface area contributed by atoms with Crippen LogP contribution in [0.25, 0.3) is 10.6 Å². The number of rotatable bonds is 12. The maximum absolute atomic E-state index is 14.0. The Morgan fingerprint density at radius 3 is 2.58 bits per heavy atom. The van der Waals surface area contributed by atoms with Gasteiger partial charge in [-0.2, -0.15) is 5.26 Å². The molecule has 0 unspecified atom stereocenters. The summed E-state index contributed by atoms with van der Waals surface area (Å²) in [6, 6.07) is 11.9. The van der Waals surface area contributed by atoms with E-state index in [2.05, 4.69) is 20.3 Å². The first-order valence-electron chi connectivity index (χ1n) is 12.2. The molecule has 1 aromatic heterocycles. The van der Waals surface area contributed by atoms with Gasteiger partial charge in [-0.3, -0.25) is 14.9 Å². The van der Waals surface area contributed by atoms with Crippen molar-refractivity contribution in [1.82, 2.24) is 15.1 Å². The number of hydrogen-bond donors (Lipinski definition) is 1. The number of halogens is 2. The molecule has 3 rings (SSSR count). The molecule has 0 aliphatic carbocycles. The van der Waals surface area contributed by atoms with Crippen LogP contribution >= 0.6 is 11.3 Å². The number of carbonyl (C=O) groups excluding carboxylic acids is 3. The van der Waals surface area contributed by atoms with Gasteiger partial charge >= 0.3 is 12.1 Å². The molecule has 0 radical (unpaired) electrons. The van der Waals surface area contributed by atoms with Crippen LogP contribution in [0.2, 0.25) is 0 Å². The number of methoxy groups -OCH3 is 1. The molecule has 40 heavy (non-hydrogen) atoms. The summed E-state index contributed by atoms with van der Waals surface area (Å²) in [5, 5.41) is 20.1. The van der Waals surface area contributed by atoms with Crippen LogP contribution < -0.4 is 5.32 Å². The highest BCUT2D eigenvalue weighted by Gasteiger charge is 2.23. The van der Waals surface area contributed by atoms with Crippen LogP contribution in [0, 0.1) is 23.0 Å². The minimum atomic E-state index is -0.994. The number of aromatic nitrogens is 2. The number of nitriles is 1. The number of nitrogens with one attached hydrogen (secondary N) is 1. The number of anilines is 1. The number of benzene rings is 2. The zero-order valence-corrected chi connectivity index (χ0v) is 22.7. The molecule has 0 saturated carbocycles. The molecule has 0 aliphatic heterocycles. The van der Waals surface area contributed by atoms with Crippen molar-refractivity contribution in [2.24, 2.45) is 0 Å². The monoisotopic (exact) mass is 571 g/mol. The Morgan fingerprint density at radius 1 is 1.12 bits per heavy atom. The first kappa shape index (κ1) is 30.1. The summed E-state index contributed by atoms with van der Waals surface area (Å²) >= 11 is 1.11. The topological polar surface area (TPSA) is 135 Å². The molecular weight excluding hydrogens is 544 g/mol. The van der Waals surface area contributed by atoms with Gasteiger partial charge in [0.2, 0.25) is 11.0 Å². The summed E-state index contributed by atoms with van der Waals surface area (Å²) in [7, 11) is 2.79. The highest BCUT2D eigenvalue weighted by Crippen LogP contribution is 2.26. The van der Waals surface area contributed by atoms with Crippen LogP contribution in [0.15, 0.2) is 42.5 Å². The van der Waals surface area contributed by atoms with E-state index >= 15 is 0 Å². The van der Waals surface area contributed by atoms with Gasteiger partial charge in [0.15, 0.2) is 11.6 Å². The molecule has 1 N–H and O–H groups in total. The molecule has 1 atom stereocenters. The predicted molar refractivity (Wildman–Crippen MR) is 142 cm³/mol. The maximum atomic E-state index is 14.0. The summed E-state index contributed by atoms with van der Waals surface area (Å²) in [5.41, 5.74) is 1.31. The third kappa shape index (κ3) is 8.54. The summed E-state index contributed by atoms with van der Waals surface area (Å²) in [6.07, 6.45) is -0.133. The van der Waals surface area contributed by atoms with Gasteiger partial charge in [-0.1, -0.05) is 35.6 Å². The Bertz CT molecular complexity index is 1380. The van der Waals surface area contributed by atoms with Crippen LogP contribution in [-0.4, -0.2) is 59.9 Å². The first-order chi connectivity index (χ1) is 19.2. The average Bonchev–Trinajstić information content (AvgIpc) is 3.43. The van der Waals surface area contributed by atoms with Gasteiger partial charge < -0.3 is 14.4 Å². The number of ether oxygens (including phenoxy) is 2. The lowest BCUT2D eigenvalue weighted by Gasteiger charge is -2.28. The third-order valence-corrected chi connectivity index (χ3v) is 6.92. The van der Waals surface area contributed by atoms with E-state index in [0.29, 0.717) is 23.4 Å². The second-order valence-corrected chi connectivity index (χ2v) is 9.64. The fourth-order valence-electron chi connectivity index (χ4n) is 3.71. The van der Waals surface area contributed by atoms with Crippen molar-refractivity contribution in [1.29, 1.82) is 5.26 Å². The van der Waals surface area contributed by atoms with Gasteiger partial charge in [-0.25, -0.2) is 13.6 Å². The normalized spacial score (nSPS) is 11.3. The van der Waals surface area contributed by atoms with E-state index in [0.717, 1.165) is 23.0 Å². The fraction of sp³-hybridized carbons (Fsp3) is 0.333. The lowest BCUT2D eigenvalue weighted by Crippen LogP contribution is -2.41. The molecule has 10 nitrogen and oxygen atoms in total. The minimum absolute atomic E-state index is 0.0123. The lowest BCUT2D eigenvalue weighted by molar-refractivity contribution is -0.140. The van der Waals surface area contributed by atoms with E-state index in [1.54, 1.807) is 24.3 Å². The van der Waals surface area contributed by atoms with Crippen molar-refractivity contribution in [2.75, 3.05) is 26.1 Å². The summed E-state index contributed by atoms with van der Waals surface area (Å²) in [5.74, 6) is -2.77. The van der Waals surface area contributed by atoms with E-state index in [1.165, 1.54) is 31.2 Å². The number of nitrogens with zero attached hydrogens (tertiary/aromatic N) is 4. The SMILES string of the molecule is COC(=O)CCC[C@@H](COC(=O)Nc1nnc(-c2ccc(C#N)cc2)s1)N(C)C(=O)CCc1cccc(F)c1F. The Hall–Kier alpha value is -4.44. The second kappa shape index (κ2) is 14.6. The van der Waals surface area contributed by atoms with Crippen LogP contribution in [0.3, 0.4) is 0 Å². The second-order valence-electron chi connectivity index (χ2n) is 8.66. The molecule has 2 aromatic carbocycles. The van der Waals surface area contributed by atoms with E-state index in [-0.39, 0.29) is 42.5 Å². The van der Waals surface area contributed by atoms with Crippen molar-refractivity contribution in [3.05, 3.63) is 65.2 Å². The highest BCUT2D eigenvalue weighted by molar-refractivity contribution is 7.18. The van der Waals surface area contributed by atoms with Gasteiger partial charge in [0.1, 0.15) is 11.6 Å². The molecule has 0 aliphatic rings. The largest absolute Gasteiger partial charge is 0.469 e. The number of carbonyl (C=O) groups is 3. The molecule has 13 heteroatoms. The number of esters is 1. The van der Waals surface area contributed by atoms with E-state index in [1.807, 2.05) is 6.07 Å². The van der Waals surface area contributed by atoms with Gasteiger partial charge in [0.05, 0.1) is 24.8 Å². The molecule has 0 saturated heterocycles. The zero-order chi connectivity index (χ0) is 29.1. The number of hydrogen-bond acceptors (Lipinski definition) is 9. The van der Waals surface area contributed by atoms with Gasteiger partial charge in [-0.05, 0) is 43.0 Å². The number of likely N-dealkylation sites (N-methyl/N-ethyl adjacent to an activating group) is 1. The molecular formula is C27H27F2N5O5S. The smallest absolute Gasteiger partial charge is 0.413 e. The van der Waals surface area contributed by atoms with E-state index in [4.69, 9.17) is 10.00 Å². The van der Waals surface area contributed by atoms with Crippen molar-refractivity contribution < 1.29 is 32.6 Å². The Labute approximate surface area is 233 Å². The average molecular weight is 572 g/mol. The standard InChI is InChI=1S/C27H27F2N5O5S/c1-34(22(35)14-13-18-5-3-7-21(28)24(18)29)20(6-4-8-23(36)38-2)16-39-27(37)31-26-33-32-25(40-26)19-11-9-17(15-30)10-12-19/h3,5,7,9-12,20H,4,6,8,13-14,16H2,1-2H3,(H,31,33,37)/t20-/m0/s1. The van der Waals surface area contributed by atoms with E-state index in [9.17, 15) is 23.2 Å². The van der Waals surface area contributed by atoms with Gasteiger partial charge in [0.25, 0.3) is 0 Å².